The molecule has 0 unspecified atom stereocenters. The molecule has 2 aromatic heterocycles. The molecular formula is C17H9N5O4. The molecule has 26 heavy (non-hydrogen) atoms. The van der Waals surface area contributed by atoms with Gasteiger partial charge >= 0.3 is 5.76 Å². The lowest BCUT2D eigenvalue weighted by molar-refractivity contribution is 0.102. The van der Waals surface area contributed by atoms with Gasteiger partial charge in [-0.05, 0) is 30.3 Å². The number of nitrogens with zero attached hydrogens (tertiary/aromatic N) is 3. The zero-order valence-electron chi connectivity index (χ0n) is 13.0. The van der Waals surface area contributed by atoms with E-state index in [1.807, 2.05) is 6.07 Å². The number of nitrogens with one attached hydrogen (secondary N) is 2. The van der Waals surface area contributed by atoms with Gasteiger partial charge in [0.25, 0.3) is 5.91 Å². The van der Waals surface area contributed by atoms with Crippen molar-refractivity contribution in [2.24, 2.45) is 0 Å². The maximum absolute atomic E-state index is 12.6. The fraction of sp³-hybridized carbons (Fsp3) is 0. The summed E-state index contributed by atoms with van der Waals surface area (Å²) in [5.74, 6) is -1.17. The van der Waals surface area contributed by atoms with Crippen molar-refractivity contribution in [3.05, 3.63) is 64.3 Å². The topological polar surface area (TPSA) is 138 Å². The molecule has 2 heterocycles. The lowest BCUT2D eigenvalue weighted by Crippen LogP contribution is -2.13. The number of hydrogen-bond donors (Lipinski definition) is 2. The summed E-state index contributed by atoms with van der Waals surface area (Å²) in [4.78, 5) is 26.2. The van der Waals surface area contributed by atoms with Gasteiger partial charge < -0.3 is 9.84 Å². The Bertz CT molecular complexity index is 1230. The molecule has 0 aliphatic carbocycles. The van der Waals surface area contributed by atoms with Crippen molar-refractivity contribution < 1.29 is 13.8 Å². The molecule has 0 aliphatic rings. The smallest absolute Gasteiger partial charge is 0.355 e. The summed E-state index contributed by atoms with van der Waals surface area (Å²) < 4.78 is 9.63. The van der Waals surface area contributed by atoms with Gasteiger partial charge in [-0.15, -0.1) is 0 Å². The van der Waals surface area contributed by atoms with E-state index in [0.29, 0.717) is 27.8 Å². The fourth-order valence-corrected chi connectivity index (χ4v) is 2.50. The van der Waals surface area contributed by atoms with Crippen molar-refractivity contribution in [3.63, 3.8) is 0 Å². The first-order valence-electron chi connectivity index (χ1n) is 7.42. The predicted molar refractivity (Wildman–Crippen MR) is 89.2 cm³/mol. The maximum atomic E-state index is 12.6. The second kappa shape index (κ2) is 6.03. The summed E-state index contributed by atoms with van der Waals surface area (Å²) in [6, 6.07) is 13.5. The third-order valence-electron chi connectivity index (χ3n) is 3.68. The Morgan fingerprint density at radius 3 is 2.77 bits per heavy atom. The average Bonchev–Trinajstić information content (AvgIpc) is 3.28. The second-order valence-corrected chi connectivity index (χ2v) is 5.30. The summed E-state index contributed by atoms with van der Waals surface area (Å²) in [7, 11) is 0. The van der Waals surface area contributed by atoms with Crippen molar-refractivity contribution in [2.75, 3.05) is 5.32 Å². The van der Waals surface area contributed by atoms with Crippen LogP contribution in [0.2, 0.25) is 0 Å². The summed E-state index contributed by atoms with van der Waals surface area (Å²) in [6.45, 7) is 0. The van der Waals surface area contributed by atoms with Crippen LogP contribution in [0.1, 0.15) is 16.1 Å². The van der Waals surface area contributed by atoms with Crippen molar-refractivity contribution in [2.45, 2.75) is 0 Å². The molecular weight excluding hydrogens is 338 g/mol. The van der Waals surface area contributed by atoms with E-state index < -0.39 is 11.7 Å². The molecule has 0 atom stereocenters. The number of fused-ring (bicyclic) bond motifs is 1. The molecule has 9 nitrogen and oxygen atoms in total. The summed E-state index contributed by atoms with van der Waals surface area (Å²) in [5, 5.41) is 19.7. The normalized spacial score (nSPS) is 10.6. The Labute approximate surface area is 144 Å². The Balaban J connectivity index is 1.75. The van der Waals surface area contributed by atoms with Crippen LogP contribution in [0, 0.1) is 11.3 Å². The van der Waals surface area contributed by atoms with E-state index in [1.165, 1.54) is 18.2 Å². The van der Waals surface area contributed by atoms with Crippen molar-refractivity contribution in [1.29, 1.82) is 5.26 Å². The third-order valence-corrected chi connectivity index (χ3v) is 3.68. The molecule has 2 aromatic carbocycles. The van der Waals surface area contributed by atoms with Gasteiger partial charge in [0.05, 0.1) is 22.7 Å². The van der Waals surface area contributed by atoms with Gasteiger partial charge in [-0.1, -0.05) is 22.4 Å². The standard InChI is InChI=1S/C17H9N5O4/c18-8-9-5-6-12(11(7-9)15-20-17(24)26-22-15)19-16(23)14-10-3-1-2-4-13(10)25-21-14/h1-7H,(H,19,23)(H,20,22,24). The van der Waals surface area contributed by atoms with Crippen molar-refractivity contribution >= 4 is 22.6 Å². The molecule has 0 spiro atoms. The van der Waals surface area contributed by atoms with E-state index in [9.17, 15) is 9.59 Å². The Kier molecular flexibility index (Phi) is 3.56. The molecule has 2 N–H and O–H groups in total. The highest BCUT2D eigenvalue weighted by Crippen LogP contribution is 2.27. The quantitative estimate of drug-likeness (QED) is 0.580. The molecule has 0 fully saturated rings. The van der Waals surface area contributed by atoms with E-state index in [-0.39, 0.29) is 11.5 Å². The molecule has 0 radical (unpaired) electrons. The number of anilines is 1. The summed E-state index contributed by atoms with van der Waals surface area (Å²) >= 11 is 0. The number of hydrogen-bond acceptors (Lipinski definition) is 7. The van der Waals surface area contributed by atoms with Crippen LogP contribution < -0.4 is 11.1 Å². The minimum absolute atomic E-state index is 0.0902. The van der Waals surface area contributed by atoms with Crippen LogP contribution in [-0.4, -0.2) is 21.2 Å². The maximum Gasteiger partial charge on any atom is 0.439 e. The minimum Gasteiger partial charge on any atom is -0.355 e. The second-order valence-electron chi connectivity index (χ2n) is 5.30. The number of aromatic amines is 1. The van der Waals surface area contributed by atoms with Crippen LogP contribution >= 0.6 is 0 Å². The number of nitriles is 1. The molecule has 126 valence electrons. The largest absolute Gasteiger partial charge is 0.439 e. The van der Waals surface area contributed by atoms with Crippen LogP contribution in [0.4, 0.5) is 5.69 Å². The van der Waals surface area contributed by atoms with Crippen LogP contribution in [0.15, 0.2) is 56.3 Å². The number of amides is 1. The molecule has 0 saturated carbocycles. The number of benzene rings is 2. The van der Waals surface area contributed by atoms with Gasteiger partial charge in [0, 0.05) is 5.56 Å². The third kappa shape index (κ3) is 2.61. The van der Waals surface area contributed by atoms with Gasteiger partial charge in [0.15, 0.2) is 17.1 Å². The van der Waals surface area contributed by atoms with Crippen molar-refractivity contribution in [3.8, 4) is 17.5 Å². The van der Waals surface area contributed by atoms with Crippen LogP contribution in [0.3, 0.4) is 0 Å². The highest BCUT2D eigenvalue weighted by atomic mass is 16.5. The van der Waals surface area contributed by atoms with Crippen LogP contribution in [0.25, 0.3) is 22.4 Å². The highest BCUT2D eigenvalue weighted by molar-refractivity contribution is 6.11. The van der Waals surface area contributed by atoms with Gasteiger partial charge in [0.1, 0.15) is 0 Å². The highest BCUT2D eigenvalue weighted by Gasteiger charge is 2.19. The summed E-state index contributed by atoms with van der Waals surface area (Å²) in [5.41, 5.74) is 1.58. The first-order chi connectivity index (χ1) is 12.7. The molecule has 0 saturated heterocycles. The number of rotatable bonds is 3. The van der Waals surface area contributed by atoms with Crippen LogP contribution in [0.5, 0.6) is 0 Å². The minimum atomic E-state index is -0.748. The monoisotopic (exact) mass is 347 g/mol. The van der Waals surface area contributed by atoms with E-state index in [4.69, 9.17) is 9.78 Å². The number of para-hydroxylation sites is 1. The van der Waals surface area contributed by atoms with Gasteiger partial charge in [-0.25, -0.2) is 4.79 Å². The van der Waals surface area contributed by atoms with Crippen LogP contribution in [-0.2, 0) is 0 Å². The number of carbonyl (C=O) groups excluding carboxylic acids is 1. The lowest BCUT2D eigenvalue weighted by Gasteiger charge is -2.08. The van der Waals surface area contributed by atoms with Gasteiger partial charge in [0.2, 0.25) is 0 Å². The fourth-order valence-electron chi connectivity index (χ4n) is 2.50. The first-order valence-corrected chi connectivity index (χ1v) is 7.42. The van der Waals surface area contributed by atoms with E-state index in [1.54, 1.807) is 24.3 Å². The SMILES string of the molecule is N#Cc1ccc(NC(=O)c2noc3ccccc23)c(-c2noc(=O)[nH]2)c1. The zero-order chi connectivity index (χ0) is 18.1. The number of H-pyrrole nitrogens is 1. The van der Waals surface area contributed by atoms with E-state index in [2.05, 4.69) is 25.1 Å². The molecule has 9 heteroatoms. The average molecular weight is 347 g/mol. The molecule has 0 bridgehead atoms. The molecule has 1 amide bonds. The zero-order valence-corrected chi connectivity index (χ0v) is 13.0. The lowest BCUT2D eigenvalue weighted by atomic mass is 10.1. The molecule has 4 aromatic rings. The van der Waals surface area contributed by atoms with E-state index >= 15 is 0 Å². The Morgan fingerprint density at radius 1 is 1.15 bits per heavy atom. The van der Waals surface area contributed by atoms with Gasteiger partial charge in [-0.2, -0.15) is 5.26 Å². The van der Waals surface area contributed by atoms with E-state index in [0.717, 1.165) is 0 Å². The Morgan fingerprint density at radius 2 is 2.00 bits per heavy atom. The predicted octanol–water partition coefficient (Wildman–Crippen LogP) is 2.30. The summed E-state index contributed by atoms with van der Waals surface area (Å²) in [6.07, 6.45) is 0. The molecule has 4 rings (SSSR count). The Hall–Kier alpha value is -4.19. The number of aromatic nitrogens is 3. The van der Waals surface area contributed by atoms with Gasteiger partial charge in [-0.3, -0.25) is 14.3 Å². The van der Waals surface area contributed by atoms with Crippen molar-refractivity contribution in [1.82, 2.24) is 15.3 Å². The first kappa shape index (κ1) is 15.3. The molecule has 0 aliphatic heterocycles. The number of carbonyl (C=O) groups is 1.